The van der Waals surface area contributed by atoms with Crippen molar-refractivity contribution in [3.8, 4) is 10.6 Å². The van der Waals surface area contributed by atoms with Crippen LogP contribution in [0.5, 0.6) is 0 Å². The number of fused-ring (bicyclic) bond motifs is 1. The van der Waals surface area contributed by atoms with Crippen molar-refractivity contribution in [2.75, 3.05) is 6.54 Å². The lowest BCUT2D eigenvalue weighted by Gasteiger charge is -2.24. The molecule has 1 atom stereocenters. The lowest BCUT2D eigenvalue weighted by atomic mass is 10.0. The van der Waals surface area contributed by atoms with E-state index in [9.17, 15) is 18.0 Å². The molecule has 32 heavy (non-hydrogen) atoms. The molecule has 1 amide bonds. The van der Waals surface area contributed by atoms with Crippen LogP contribution in [0.15, 0.2) is 34.3 Å². The predicted molar refractivity (Wildman–Crippen MR) is 110 cm³/mol. The van der Waals surface area contributed by atoms with Crippen molar-refractivity contribution in [3.63, 3.8) is 0 Å². The van der Waals surface area contributed by atoms with Gasteiger partial charge in [-0.25, -0.2) is 9.50 Å². The highest BCUT2D eigenvalue weighted by Gasteiger charge is 2.38. The first-order valence-corrected chi connectivity index (χ1v) is 10.9. The van der Waals surface area contributed by atoms with Crippen molar-refractivity contribution in [2.24, 2.45) is 0 Å². The van der Waals surface area contributed by atoms with Gasteiger partial charge in [0.1, 0.15) is 11.3 Å². The third-order valence-electron chi connectivity index (χ3n) is 5.70. The Morgan fingerprint density at radius 2 is 2.12 bits per heavy atom. The summed E-state index contributed by atoms with van der Waals surface area (Å²) in [5.74, 6) is 0.219. The number of halogens is 3. The lowest BCUT2D eigenvalue weighted by molar-refractivity contribution is -0.142. The number of carbonyl (C=O) groups excluding carboxylic acids is 1. The fourth-order valence-corrected chi connectivity index (χ4v) is 4.98. The molecule has 0 aliphatic carbocycles. The van der Waals surface area contributed by atoms with Gasteiger partial charge >= 0.3 is 6.18 Å². The molecule has 1 saturated heterocycles. The van der Waals surface area contributed by atoms with Crippen molar-refractivity contribution < 1.29 is 22.5 Å². The van der Waals surface area contributed by atoms with E-state index in [1.165, 1.54) is 17.5 Å². The van der Waals surface area contributed by atoms with Crippen LogP contribution in [-0.4, -0.2) is 37.1 Å². The summed E-state index contributed by atoms with van der Waals surface area (Å²) in [4.78, 5) is 20.1. The number of hydrogen-bond donors (Lipinski definition) is 0. The molecule has 0 N–H and O–H groups in total. The highest BCUT2D eigenvalue weighted by Crippen LogP contribution is 2.38. The second kappa shape index (κ2) is 7.44. The fourth-order valence-electron chi connectivity index (χ4n) is 4.30. The van der Waals surface area contributed by atoms with E-state index < -0.39 is 17.8 Å². The monoisotopic (exact) mass is 461 g/mol. The van der Waals surface area contributed by atoms with E-state index >= 15 is 0 Å². The van der Waals surface area contributed by atoms with Gasteiger partial charge in [0.25, 0.3) is 5.91 Å². The number of rotatable bonds is 3. The van der Waals surface area contributed by atoms with Crippen LogP contribution in [0, 0.1) is 13.8 Å². The van der Waals surface area contributed by atoms with Gasteiger partial charge in [-0.15, -0.1) is 11.3 Å². The number of aryl methyl sites for hydroxylation is 2. The molecule has 1 aliphatic heterocycles. The molecular formula is C21H18F3N5O2S. The quantitative estimate of drug-likeness (QED) is 0.426. The third-order valence-corrected chi connectivity index (χ3v) is 6.59. The zero-order chi connectivity index (χ0) is 22.6. The number of thiophene rings is 1. The minimum Gasteiger partial charge on any atom is -0.361 e. The lowest BCUT2D eigenvalue weighted by Crippen LogP contribution is -2.31. The maximum absolute atomic E-state index is 13.8. The highest BCUT2D eigenvalue weighted by molar-refractivity contribution is 7.13. The van der Waals surface area contributed by atoms with Crippen molar-refractivity contribution in [3.05, 3.63) is 58.1 Å². The van der Waals surface area contributed by atoms with Gasteiger partial charge < -0.3 is 9.42 Å². The molecule has 0 bridgehead atoms. The van der Waals surface area contributed by atoms with Gasteiger partial charge in [-0.1, -0.05) is 11.2 Å². The molecule has 1 fully saturated rings. The molecule has 0 aromatic carbocycles. The van der Waals surface area contributed by atoms with E-state index in [1.807, 2.05) is 6.92 Å². The molecule has 1 unspecified atom stereocenters. The second-order valence-electron chi connectivity index (χ2n) is 7.69. The van der Waals surface area contributed by atoms with Crippen LogP contribution in [-0.2, 0) is 6.18 Å². The molecule has 4 aromatic rings. The average molecular weight is 461 g/mol. The van der Waals surface area contributed by atoms with Crippen molar-refractivity contribution in [2.45, 2.75) is 38.9 Å². The third kappa shape index (κ3) is 3.27. The standard InChI is InChI=1S/C21H18F3N5O2S/c1-11-18(12(2)31-27-11)15-5-3-7-28(15)20(30)13-10-25-29-17(21(22,23)24)9-14(26-19(13)29)16-6-4-8-32-16/h4,6,8-10,15H,3,5,7H2,1-2H3. The zero-order valence-corrected chi connectivity index (χ0v) is 18.0. The van der Waals surface area contributed by atoms with Gasteiger partial charge in [0, 0.05) is 12.1 Å². The van der Waals surface area contributed by atoms with Crippen molar-refractivity contribution >= 4 is 22.9 Å². The summed E-state index contributed by atoms with van der Waals surface area (Å²) in [6, 6.07) is 4.13. The minimum absolute atomic E-state index is 0.0348. The number of aromatic nitrogens is 4. The smallest absolute Gasteiger partial charge is 0.361 e. The molecule has 5 heterocycles. The van der Waals surface area contributed by atoms with Crippen LogP contribution < -0.4 is 0 Å². The van der Waals surface area contributed by atoms with E-state index in [0.717, 1.165) is 24.5 Å². The number of hydrogen-bond acceptors (Lipinski definition) is 6. The Labute approximate surface area is 184 Å². The van der Waals surface area contributed by atoms with Gasteiger partial charge in [-0.05, 0) is 44.2 Å². The topological polar surface area (TPSA) is 76.5 Å². The molecule has 5 rings (SSSR count). The maximum atomic E-state index is 13.8. The molecule has 4 aromatic heterocycles. The van der Waals surface area contributed by atoms with Crippen LogP contribution >= 0.6 is 11.3 Å². The summed E-state index contributed by atoms with van der Waals surface area (Å²) in [6.07, 6.45) is -2.01. The Balaban J connectivity index is 1.63. The van der Waals surface area contributed by atoms with Gasteiger partial charge in [0.15, 0.2) is 11.3 Å². The first kappa shape index (κ1) is 20.7. The second-order valence-corrected chi connectivity index (χ2v) is 8.64. The van der Waals surface area contributed by atoms with Gasteiger partial charge in [0.05, 0.1) is 28.5 Å². The number of carbonyl (C=O) groups is 1. The summed E-state index contributed by atoms with van der Waals surface area (Å²) < 4.78 is 47.3. The summed E-state index contributed by atoms with van der Waals surface area (Å²) in [5, 5.41) is 9.62. The number of likely N-dealkylation sites (tertiary alicyclic amines) is 1. The average Bonchev–Trinajstić information content (AvgIpc) is 3.53. The Hall–Kier alpha value is -3.21. The summed E-state index contributed by atoms with van der Waals surface area (Å²) in [7, 11) is 0. The SMILES string of the molecule is Cc1noc(C)c1C1CCCN1C(=O)c1cnn2c(C(F)(F)F)cc(-c3cccs3)nc12. The van der Waals surface area contributed by atoms with E-state index in [0.29, 0.717) is 27.4 Å². The predicted octanol–water partition coefficient (Wildman–Crippen LogP) is 5.06. The summed E-state index contributed by atoms with van der Waals surface area (Å²) in [5.41, 5.74) is 0.636. The van der Waals surface area contributed by atoms with Crippen molar-refractivity contribution in [1.29, 1.82) is 0 Å². The minimum atomic E-state index is -4.66. The van der Waals surface area contributed by atoms with Gasteiger partial charge in [-0.3, -0.25) is 4.79 Å². The molecule has 0 saturated carbocycles. The first-order chi connectivity index (χ1) is 15.3. The van der Waals surface area contributed by atoms with Crippen LogP contribution in [0.1, 0.15) is 52.0 Å². The molecule has 0 radical (unpaired) electrons. The largest absolute Gasteiger partial charge is 0.433 e. The zero-order valence-electron chi connectivity index (χ0n) is 17.2. The summed E-state index contributed by atoms with van der Waals surface area (Å²) in [6.45, 7) is 4.07. The van der Waals surface area contributed by atoms with E-state index in [1.54, 1.807) is 29.3 Å². The Bertz CT molecular complexity index is 1290. The summed E-state index contributed by atoms with van der Waals surface area (Å²) >= 11 is 1.28. The first-order valence-electron chi connectivity index (χ1n) is 9.99. The fraction of sp³-hybridized carbons (Fsp3) is 0.333. The number of alkyl halides is 3. The van der Waals surface area contributed by atoms with E-state index in [2.05, 4.69) is 15.2 Å². The molecule has 166 valence electrons. The molecule has 11 heteroatoms. The van der Waals surface area contributed by atoms with Crippen LogP contribution in [0.2, 0.25) is 0 Å². The van der Waals surface area contributed by atoms with Gasteiger partial charge in [0.2, 0.25) is 0 Å². The van der Waals surface area contributed by atoms with Crippen LogP contribution in [0.3, 0.4) is 0 Å². The number of amides is 1. The van der Waals surface area contributed by atoms with E-state index in [-0.39, 0.29) is 22.9 Å². The van der Waals surface area contributed by atoms with E-state index in [4.69, 9.17) is 4.52 Å². The maximum Gasteiger partial charge on any atom is 0.433 e. The Morgan fingerprint density at radius 1 is 1.31 bits per heavy atom. The normalized spacial score (nSPS) is 16.9. The van der Waals surface area contributed by atoms with Gasteiger partial charge in [-0.2, -0.15) is 18.3 Å². The highest BCUT2D eigenvalue weighted by atomic mass is 32.1. The Kier molecular flexibility index (Phi) is 4.81. The van der Waals surface area contributed by atoms with Crippen LogP contribution in [0.25, 0.3) is 16.2 Å². The molecular weight excluding hydrogens is 443 g/mol. The number of nitrogens with zero attached hydrogens (tertiary/aromatic N) is 5. The molecule has 1 aliphatic rings. The van der Waals surface area contributed by atoms with Crippen LogP contribution in [0.4, 0.5) is 13.2 Å². The molecule has 0 spiro atoms. The Morgan fingerprint density at radius 3 is 2.78 bits per heavy atom. The van der Waals surface area contributed by atoms with Crippen molar-refractivity contribution in [1.82, 2.24) is 24.7 Å². The molecule has 7 nitrogen and oxygen atoms in total.